The van der Waals surface area contributed by atoms with E-state index in [1.807, 2.05) is 0 Å². The first kappa shape index (κ1) is 11.1. The maximum absolute atomic E-state index is 12.5. The molecule has 0 saturated heterocycles. The number of pyridine rings is 1. The number of nitrogens with two attached hydrogens (primary N) is 1. The van der Waals surface area contributed by atoms with E-state index in [1.165, 1.54) is 0 Å². The Morgan fingerprint density at radius 2 is 2.14 bits per heavy atom. The quantitative estimate of drug-likeness (QED) is 0.809. The van der Waals surface area contributed by atoms with Gasteiger partial charge in [0, 0.05) is 6.20 Å². The van der Waals surface area contributed by atoms with Crippen molar-refractivity contribution in [3.8, 4) is 0 Å². The van der Waals surface area contributed by atoms with Crippen molar-refractivity contribution < 1.29 is 13.6 Å². The zero-order valence-electron chi connectivity index (χ0n) is 6.60. The zero-order chi connectivity index (χ0) is 10.9. The standard InChI is InChI=1S/C7H4Cl2F2N2O/c8-2-1-13-7(12)4(5(9)14)3(2)6(10)11/h1,6H,(H2,12,13). The lowest BCUT2D eigenvalue weighted by Gasteiger charge is -2.08. The van der Waals surface area contributed by atoms with Gasteiger partial charge in [0.15, 0.2) is 0 Å². The molecule has 0 saturated carbocycles. The number of aromatic nitrogens is 1. The van der Waals surface area contributed by atoms with Crippen LogP contribution in [0, 0.1) is 0 Å². The van der Waals surface area contributed by atoms with Gasteiger partial charge in [0.05, 0.1) is 16.1 Å². The lowest BCUT2D eigenvalue weighted by Crippen LogP contribution is -2.06. The van der Waals surface area contributed by atoms with Crippen molar-refractivity contribution in [2.75, 3.05) is 5.73 Å². The molecule has 0 spiro atoms. The Bertz CT molecular complexity index is 384. The molecule has 2 N–H and O–H groups in total. The van der Waals surface area contributed by atoms with Gasteiger partial charge in [-0.15, -0.1) is 0 Å². The molecule has 76 valence electrons. The fraction of sp³-hybridized carbons (Fsp3) is 0.143. The van der Waals surface area contributed by atoms with Crippen LogP contribution in [0.2, 0.25) is 5.02 Å². The number of hydrogen-bond donors (Lipinski definition) is 1. The molecular weight excluding hydrogens is 237 g/mol. The largest absolute Gasteiger partial charge is 0.383 e. The van der Waals surface area contributed by atoms with E-state index < -0.39 is 22.8 Å². The molecule has 0 aliphatic heterocycles. The minimum absolute atomic E-state index is 0.335. The van der Waals surface area contributed by atoms with Crippen LogP contribution in [0.1, 0.15) is 22.3 Å². The van der Waals surface area contributed by atoms with E-state index >= 15 is 0 Å². The summed E-state index contributed by atoms with van der Waals surface area (Å²) in [6, 6.07) is 0. The number of halogens is 4. The maximum atomic E-state index is 12.5. The molecule has 3 nitrogen and oxygen atoms in total. The van der Waals surface area contributed by atoms with E-state index in [-0.39, 0.29) is 10.8 Å². The molecule has 0 aliphatic rings. The van der Waals surface area contributed by atoms with Crippen LogP contribution in [-0.2, 0) is 0 Å². The highest BCUT2D eigenvalue weighted by Crippen LogP contribution is 2.32. The van der Waals surface area contributed by atoms with E-state index in [0.29, 0.717) is 0 Å². The summed E-state index contributed by atoms with van der Waals surface area (Å²) >= 11 is 10.5. The van der Waals surface area contributed by atoms with Crippen LogP contribution in [0.25, 0.3) is 0 Å². The van der Waals surface area contributed by atoms with Gasteiger partial charge in [0.2, 0.25) is 0 Å². The van der Waals surface area contributed by atoms with Crippen LogP contribution in [0.5, 0.6) is 0 Å². The molecule has 0 amide bonds. The Balaban J connectivity index is 3.50. The van der Waals surface area contributed by atoms with Crippen molar-refractivity contribution in [1.82, 2.24) is 4.98 Å². The van der Waals surface area contributed by atoms with Gasteiger partial charge < -0.3 is 5.73 Å². The average molecular weight is 241 g/mol. The first-order valence-corrected chi connectivity index (χ1v) is 4.12. The Morgan fingerprint density at radius 1 is 1.57 bits per heavy atom. The summed E-state index contributed by atoms with van der Waals surface area (Å²) in [6.07, 6.45) is -1.98. The molecule has 7 heteroatoms. The summed E-state index contributed by atoms with van der Waals surface area (Å²) in [5, 5.41) is -1.44. The van der Waals surface area contributed by atoms with Crippen LogP contribution in [0.3, 0.4) is 0 Å². The second-order valence-electron chi connectivity index (χ2n) is 2.35. The summed E-state index contributed by atoms with van der Waals surface area (Å²) in [5.41, 5.74) is 4.01. The predicted molar refractivity (Wildman–Crippen MR) is 48.8 cm³/mol. The van der Waals surface area contributed by atoms with E-state index in [9.17, 15) is 13.6 Å². The van der Waals surface area contributed by atoms with Crippen LogP contribution in [0.15, 0.2) is 6.20 Å². The fourth-order valence-electron chi connectivity index (χ4n) is 0.938. The van der Waals surface area contributed by atoms with E-state index in [1.54, 1.807) is 0 Å². The van der Waals surface area contributed by atoms with E-state index in [0.717, 1.165) is 6.20 Å². The molecule has 0 aliphatic carbocycles. The lowest BCUT2D eigenvalue weighted by molar-refractivity contribution is 0.106. The van der Waals surface area contributed by atoms with Crippen LogP contribution >= 0.6 is 23.2 Å². The number of rotatable bonds is 2. The number of anilines is 1. The molecule has 1 rings (SSSR count). The van der Waals surface area contributed by atoms with Crippen molar-refractivity contribution in [2.24, 2.45) is 0 Å². The van der Waals surface area contributed by atoms with E-state index in [4.69, 9.17) is 28.9 Å². The molecule has 0 radical (unpaired) electrons. The molecule has 1 aromatic heterocycles. The molecule has 0 aromatic carbocycles. The third-order valence-electron chi connectivity index (χ3n) is 1.51. The van der Waals surface area contributed by atoms with Gasteiger partial charge in [0.1, 0.15) is 5.82 Å². The minimum atomic E-state index is -2.93. The summed E-state index contributed by atoms with van der Waals surface area (Å²) < 4.78 is 24.9. The number of nitrogen functional groups attached to an aromatic ring is 1. The number of alkyl halides is 2. The van der Waals surface area contributed by atoms with Gasteiger partial charge in [-0.3, -0.25) is 4.79 Å². The van der Waals surface area contributed by atoms with Gasteiger partial charge in [-0.1, -0.05) is 11.6 Å². The first-order valence-electron chi connectivity index (χ1n) is 3.37. The van der Waals surface area contributed by atoms with Crippen molar-refractivity contribution in [1.29, 1.82) is 0 Å². The van der Waals surface area contributed by atoms with Gasteiger partial charge in [-0.05, 0) is 11.6 Å². The Kier molecular flexibility index (Phi) is 3.23. The predicted octanol–water partition coefficient (Wildman–Crippen LogP) is 2.63. The molecule has 1 aromatic rings. The van der Waals surface area contributed by atoms with E-state index in [2.05, 4.69) is 4.98 Å². The molecule has 1 heterocycles. The molecule has 0 unspecified atom stereocenters. The highest BCUT2D eigenvalue weighted by atomic mass is 35.5. The number of hydrogen-bond acceptors (Lipinski definition) is 3. The summed E-state index contributed by atoms with van der Waals surface area (Å²) in [7, 11) is 0. The number of nitrogens with zero attached hydrogens (tertiary/aromatic N) is 1. The molecule has 0 fully saturated rings. The van der Waals surface area contributed by atoms with Crippen molar-refractivity contribution >= 4 is 34.3 Å². The topological polar surface area (TPSA) is 56.0 Å². The van der Waals surface area contributed by atoms with Gasteiger partial charge >= 0.3 is 0 Å². The Morgan fingerprint density at radius 3 is 2.50 bits per heavy atom. The summed E-state index contributed by atoms with van der Waals surface area (Å²) in [5.74, 6) is -0.357. The number of carbonyl (C=O) groups is 1. The molecule has 0 bridgehead atoms. The zero-order valence-corrected chi connectivity index (χ0v) is 8.11. The third kappa shape index (κ3) is 1.93. The maximum Gasteiger partial charge on any atom is 0.266 e. The smallest absolute Gasteiger partial charge is 0.266 e. The van der Waals surface area contributed by atoms with Gasteiger partial charge in [0.25, 0.3) is 11.7 Å². The van der Waals surface area contributed by atoms with Crippen LogP contribution < -0.4 is 5.73 Å². The average Bonchev–Trinajstić information content (AvgIpc) is 2.07. The third-order valence-corrected chi connectivity index (χ3v) is 2.00. The lowest BCUT2D eigenvalue weighted by atomic mass is 10.1. The minimum Gasteiger partial charge on any atom is -0.383 e. The van der Waals surface area contributed by atoms with Crippen molar-refractivity contribution in [2.45, 2.75) is 6.43 Å². The normalized spacial score (nSPS) is 10.6. The Labute approximate surface area is 87.8 Å². The SMILES string of the molecule is Nc1ncc(Cl)c(C(F)F)c1C(=O)Cl. The van der Waals surface area contributed by atoms with Crippen molar-refractivity contribution in [3.63, 3.8) is 0 Å². The van der Waals surface area contributed by atoms with Gasteiger partial charge in [-0.2, -0.15) is 0 Å². The van der Waals surface area contributed by atoms with Gasteiger partial charge in [-0.25, -0.2) is 13.8 Å². The highest BCUT2D eigenvalue weighted by molar-refractivity contribution is 6.68. The molecule has 0 atom stereocenters. The molecular formula is C7H4Cl2F2N2O. The monoisotopic (exact) mass is 240 g/mol. The second-order valence-corrected chi connectivity index (χ2v) is 3.10. The van der Waals surface area contributed by atoms with Crippen LogP contribution in [-0.4, -0.2) is 10.2 Å². The highest BCUT2D eigenvalue weighted by Gasteiger charge is 2.23. The Hall–Kier alpha value is -0.940. The molecule has 14 heavy (non-hydrogen) atoms. The first-order chi connectivity index (χ1) is 6.45. The summed E-state index contributed by atoms with van der Waals surface area (Å²) in [6.45, 7) is 0. The second kappa shape index (κ2) is 4.06. The summed E-state index contributed by atoms with van der Waals surface area (Å²) in [4.78, 5) is 14.2. The van der Waals surface area contributed by atoms with Crippen LogP contribution in [0.4, 0.5) is 14.6 Å². The van der Waals surface area contributed by atoms with Crippen molar-refractivity contribution in [3.05, 3.63) is 22.3 Å². The fourth-order valence-corrected chi connectivity index (χ4v) is 1.36. The number of carbonyl (C=O) groups excluding carboxylic acids is 1.